The molecule has 3 aromatic rings. The lowest BCUT2D eigenvalue weighted by Gasteiger charge is -2.27. The van der Waals surface area contributed by atoms with Gasteiger partial charge in [-0.3, -0.25) is 9.59 Å². The highest BCUT2D eigenvalue weighted by atomic mass is 16.2. The molecular weight excluding hydrogens is 372 g/mol. The average Bonchev–Trinajstić information content (AvgIpc) is 3.09. The Bertz CT molecular complexity index is 1050. The lowest BCUT2D eigenvalue weighted by atomic mass is 10.0. The lowest BCUT2D eigenvalue weighted by Crippen LogP contribution is -2.48. The van der Waals surface area contributed by atoms with Gasteiger partial charge in [0.25, 0.3) is 5.91 Å². The van der Waals surface area contributed by atoms with Crippen molar-refractivity contribution in [1.29, 1.82) is 0 Å². The molecule has 1 N–H and O–H groups in total. The third-order valence-corrected chi connectivity index (χ3v) is 5.60. The van der Waals surface area contributed by atoms with E-state index in [4.69, 9.17) is 0 Å². The van der Waals surface area contributed by atoms with Crippen LogP contribution in [0.3, 0.4) is 0 Å². The van der Waals surface area contributed by atoms with E-state index in [2.05, 4.69) is 30.4 Å². The predicted octanol–water partition coefficient (Wildman–Crippen LogP) is 3.92. The van der Waals surface area contributed by atoms with Gasteiger partial charge in [0, 0.05) is 25.1 Å². The van der Waals surface area contributed by atoms with E-state index < -0.39 is 6.04 Å². The third kappa shape index (κ3) is 4.43. The van der Waals surface area contributed by atoms with Crippen molar-refractivity contribution in [3.8, 4) is 0 Å². The molecule has 0 bridgehead atoms. The maximum atomic E-state index is 13.2. The molecule has 1 heterocycles. The van der Waals surface area contributed by atoms with E-state index >= 15 is 0 Å². The summed E-state index contributed by atoms with van der Waals surface area (Å²) in [5.74, 6) is -0.173. The Kier molecular flexibility index (Phi) is 5.94. The first kappa shape index (κ1) is 19.9. The minimum atomic E-state index is -0.537. The first-order chi connectivity index (χ1) is 14.6. The molecule has 0 radical (unpaired) electrons. The summed E-state index contributed by atoms with van der Waals surface area (Å²) in [5, 5.41) is 3.06. The molecule has 2 amide bonds. The highest BCUT2D eigenvalue weighted by Gasteiger charge is 2.36. The second kappa shape index (κ2) is 8.95. The highest BCUT2D eigenvalue weighted by Crippen LogP contribution is 2.26. The predicted molar refractivity (Wildman–Crippen MR) is 118 cm³/mol. The molecule has 30 heavy (non-hydrogen) atoms. The summed E-state index contributed by atoms with van der Waals surface area (Å²) in [6, 6.07) is 25.2. The number of hydrogen-bond donors (Lipinski definition) is 1. The average molecular weight is 399 g/mol. The highest BCUT2D eigenvalue weighted by molar-refractivity contribution is 6.01. The van der Waals surface area contributed by atoms with E-state index in [1.807, 2.05) is 60.7 Å². The van der Waals surface area contributed by atoms with Crippen molar-refractivity contribution < 1.29 is 9.59 Å². The maximum Gasteiger partial charge on any atom is 0.255 e. The van der Waals surface area contributed by atoms with Crippen molar-refractivity contribution in [1.82, 2.24) is 10.2 Å². The van der Waals surface area contributed by atoms with E-state index in [1.165, 1.54) is 11.1 Å². The van der Waals surface area contributed by atoms with E-state index in [0.717, 1.165) is 17.5 Å². The zero-order valence-corrected chi connectivity index (χ0v) is 17.2. The van der Waals surface area contributed by atoms with Crippen LogP contribution in [0, 0.1) is 6.92 Å². The van der Waals surface area contributed by atoms with Crippen molar-refractivity contribution in [2.45, 2.75) is 32.4 Å². The van der Waals surface area contributed by atoms with Gasteiger partial charge in [0.1, 0.15) is 6.04 Å². The van der Waals surface area contributed by atoms with Crippen LogP contribution >= 0.6 is 0 Å². The Morgan fingerprint density at radius 1 is 0.967 bits per heavy atom. The summed E-state index contributed by atoms with van der Waals surface area (Å²) in [5.41, 5.74) is 5.12. The van der Waals surface area contributed by atoms with Gasteiger partial charge in [-0.1, -0.05) is 78.4 Å². The second-order valence-corrected chi connectivity index (χ2v) is 7.83. The number of carbonyl (C=O) groups excluding carboxylic acids is 2. The van der Waals surface area contributed by atoms with E-state index in [1.54, 1.807) is 4.90 Å². The molecule has 1 atom stereocenters. The molecule has 0 aromatic heterocycles. The second-order valence-electron chi connectivity index (χ2n) is 7.83. The molecular formula is C26H26N2O2. The van der Waals surface area contributed by atoms with Gasteiger partial charge < -0.3 is 10.2 Å². The van der Waals surface area contributed by atoms with Crippen molar-refractivity contribution in [2.24, 2.45) is 0 Å². The topological polar surface area (TPSA) is 49.4 Å². The van der Waals surface area contributed by atoms with Crippen LogP contribution in [0.25, 0.3) is 0 Å². The SMILES string of the molecule is Cc1cccc(CCNC(=O)[C@H](Cc2ccccc2)N2Cc3ccccc3C2=O)c1. The van der Waals surface area contributed by atoms with Gasteiger partial charge in [-0.25, -0.2) is 0 Å². The lowest BCUT2D eigenvalue weighted by molar-refractivity contribution is -0.125. The Balaban J connectivity index is 1.49. The minimum Gasteiger partial charge on any atom is -0.354 e. The van der Waals surface area contributed by atoms with E-state index in [-0.39, 0.29) is 11.8 Å². The fraction of sp³-hybridized carbons (Fsp3) is 0.231. The quantitative estimate of drug-likeness (QED) is 0.656. The molecule has 0 saturated carbocycles. The zero-order valence-electron chi connectivity index (χ0n) is 17.2. The molecule has 0 fully saturated rings. The standard InChI is InChI=1S/C26H26N2O2/c1-19-8-7-11-21(16-19)14-15-27-25(29)24(17-20-9-3-2-4-10-20)28-18-22-12-5-6-13-23(22)26(28)30/h2-13,16,24H,14-15,17-18H2,1H3,(H,27,29)/t24-/m0/s1. The van der Waals surface area contributed by atoms with Gasteiger partial charge in [-0.15, -0.1) is 0 Å². The molecule has 1 aliphatic heterocycles. The number of nitrogens with one attached hydrogen (secondary N) is 1. The largest absolute Gasteiger partial charge is 0.354 e. The summed E-state index contributed by atoms with van der Waals surface area (Å²) >= 11 is 0. The van der Waals surface area contributed by atoms with Gasteiger partial charge in [-0.2, -0.15) is 0 Å². The normalized spacial score (nSPS) is 13.8. The molecule has 4 heteroatoms. The molecule has 152 valence electrons. The van der Waals surface area contributed by atoms with Crippen LogP contribution in [0.5, 0.6) is 0 Å². The molecule has 0 saturated heterocycles. The van der Waals surface area contributed by atoms with Gasteiger partial charge in [0.2, 0.25) is 5.91 Å². The summed E-state index contributed by atoms with van der Waals surface area (Å²) in [6.07, 6.45) is 1.26. The summed E-state index contributed by atoms with van der Waals surface area (Å²) in [4.78, 5) is 27.9. The molecule has 1 aliphatic rings. The fourth-order valence-corrected chi connectivity index (χ4v) is 4.03. The van der Waals surface area contributed by atoms with Crippen molar-refractivity contribution in [3.05, 3.63) is 107 Å². The summed E-state index contributed by atoms with van der Waals surface area (Å²) < 4.78 is 0. The van der Waals surface area contributed by atoms with Crippen LogP contribution in [-0.4, -0.2) is 29.3 Å². The summed E-state index contributed by atoms with van der Waals surface area (Å²) in [7, 11) is 0. The van der Waals surface area contributed by atoms with E-state index in [9.17, 15) is 9.59 Å². The summed E-state index contributed by atoms with van der Waals surface area (Å²) in [6.45, 7) is 3.08. The van der Waals surface area contributed by atoms with Crippen LogP contribution < -0.4 is 5.32 Å². The monoisotopic (exact) mass is 398 g/mol. The number of fused-ring (bicyclic) bond motifs is 1. The molecule has 0 unspecified atom stereocenters. The molecule has 0 spiro atoms. The number of carbonyl (C=O) groups is 2. The molecule has 0 aliphatic carbocycles. The van der Waals surface area contributed by atoms with Gasteiger partial charge in [-0.05, 0) is 36.1 Å². The Hall–Kier alpha value is -3.40. The van der Waals surface area contributed by atoms with Crippen molar-refractivity contribution in [3.63, 3.8) is 0 Å². The number of benzene rings is 3. The first-order valence-electron chi connectivity index (χ1n) is 10.4. The van der Waals surface area contributed by atoms with E-state index in [0.29, 0.717) is 25.1 Å². The smallest absolute Gasteiger partial charge is 0.255 e. The molecule has 3 aromatic carbocycles. The number of aryl methyl sites for hydroxylation is 1. The van der Waals surface area contributed by atoms with Gasteiger partial charge >= 0.3 is 0 Å². The van der Waals surface area contributed by atoms with Crippen molar-refractivity contribution in [2.75, 3.05) is 6.54 Å². The van der Waals surface area contributed by atoms with Crippen LogP contribution in [0.15, 0.2) is 78.9 Å². The van der Waals surface area contributed by atoms with Gasteiger partial charge in [0.05, 0.1) is 0 Å². The van der Waals surface area contributed by atoms with Crippen molar-refractivity contribution >= 4 is 11.8 Å². The van der Waals surface area contributed by atoms with Crippen LogP contribution in [0.4, 0.5) is 0 Å². The first-order valence-corrected chi connectivity index (χ1v) is 10.4. The Labute approximate surface area is 177 Å². The van der Waals surface area contributed by atoms with Crippen LogP contribution in [-0.2, 0) is 24.2 Å². The molecule has 4 rings (SSSR count). The number of amides is 2. The fourth-order valence-electron chi connectivity index (χ4n) is 4.03. The third-order valence-electron chi connectivity index (χ3n) is 5.60. The zero-order chi connectivity index (χ0) is 20.9. The Morgan fingerprint density at radius 3 is 2.47 bits per heavy atom. The number of rotatable bonds is 7. The molecule has 4 nitrogen and oxygen atoms in total. The van der Waals surface area contributed by atoms with Gasteiger partial charge in [0.15, 0.2) is 0 Å². The number of hydrogen-bond acceptors (Lipinski definition) is 2. The van der Waals surface area contributed by atoms with Crippen LogP contribution in [0.1, 0.15) is 32.6 Å². The van der Waals surface area contributed by atoms with Crippen LogP contribution in [0.2, 0.25) is 0 Å². The minimum absolute atomic E-state index is 0.0691. The maximum absolute atomic E-state index is 13.2. The Morgan fingerprint density at radius 2 is 1.70 bits per heavy atom. The number of nitrogens with zero attached hydrogens (tertiary/aromatic N) is 1.